The zero-order valence-corrected chi connectivity index (χ0v) is 24.4. The lowest BCUT2D eigenvalue weighted by Crippen LogP contribution is -2.47. The molecule has 2 N–H and O–H groups in total. The maximum atomic E-state index is 14.0. The highest BCUT2D eigenvalue weighted by Crippen LogP contribution is 2.31. The van der Waals surface area contributed by atoms with Gasteiger partial charge in [-0.2, -0.15) is 0 Å². The van der Waals surface area contributed by atoms with Gasteiger partial charge in [-0.25, -0.2) is 4.98 Å². The molecule has 216 valence electrons. The molecular weight excluding hydrogens is 512 g/mol. The summed E-state index contributed by atoms with van der Waals surface area (Å²) in [5.74, 6) is 0.254. The van der Waals surface area contributed by atoms with Gasteiger partial charge in [0.15, 0.2) is 0 Å². The first-order chi connectivity index (χ1) is 19.8. The molecule has 0 spiro atoms. The second-order valence-electron chi connectivity index (χ2n) is 11.3. The van der Waals surface area contributed by atoms with Crippen LogP contribution in [0, 0.1) is 6.92 Å². The minimum absolute atomic E-state index is 0.111. The van der Waals surface area contributed by atoms with Gasteiger partial charge >= 0.3 is 0 Å². The van der Waals surface area contributed by atoms with Crippen molar-refractivity contribution in [2.24, 2.45) is 0 Å². The van der Waals surface area contributed by atoms with Crippen molar-refractivity contribution in [3.05, 3.63) is 89.6 Å². The molecule has 4 rings (SSSR count). The quantitative estimate of drug-likeness (QED) is 0.271. The number of nitrogens with one attached hydrogen (secondary N) is 2. The monoisotopic (exact) mass is 554 g/mol. The van der Waals surface area contributed by atoms with Crippen molar-refractivity contribution < 1.29 is 14.4 Å². The molecule has 3 amide bonds. The van der Waals surface area contributed by atoms with E-state index in [1.165, 1.54) is 6.42 Å². The smallest absolute Gasteiger partial charge is 0.248 e. The van der Waals surface area contributed by atoms with Crippen molar-refractivity contribution in [1.29, 1.82) is 0 Å². The van der Waals surface area contributed by atoms with Gasteiger partial charge in [-0.1, -0.05) is 81.1 Å². The summed E-state index contributed by atoms with van der Waals surface area (Å²) in [7, 11) is 0. The Morgan fingerprint density at radius 3 is 2.20 bits per heavy atom. The minimum atomic E-state index is -0.822. The number of amides is 3. The molecule has 0 bridgehead atoms. The summed E-state index contributed by atoms with van der Waals surface area (Å²) in [5.41, 5.74) is 3.67. The number of hydrogen-bond donors (Lipinski definition) is 2. The molecule has 1 aliphatic rings. The van der Waals surface area contributed by atoms with Gasteiger partial charge in [0.1, 0.15) is 11.9 Å². The molecule has 3 aromatic rings. The fourth-order valence-electron chi connectivity index (χ4n) is 5.31. The van der Waals surface area contributed by atoms with E-state index in [1.54, 1.807) is 29.3 Å². The second-order valence-corrected chi connectivity index (χ2v) is 11.3. The Bertz CT molecular complexity index is 1280. The van der Waals surface area contributed by atoms with E-state index in [0.717, 1.165) is 42.4 Å². The van der Waals surface area contributed by atoms with Gasteiger partial charge in [0, 0.05) is 30.8 Å². The first-order valence-corrected chi connectivity index (χ1v) is 14.8. The lowest BCUT2D eigenvalue weighted by Gasteiger charge is -2.34. The first kappa shape index (κ1) is 30.0. The molecule has 0 saturated heterocycles. The SMILES string of the molecule is Cc1ccc(C(C(=O)NC2CCCCC2)N(C(=O)CCCC(=O)Nc2ccccn2)c2ccc(C(C)C)cc2)cc1. The normalized spacial score (nSPS) is 14.3. The van der Waals surface area contributed by atoms with Crippen LogP contribution < -0.4 is 15.5 Å². The molecule has 7 heteroatoms. The average molecular weight is 555 g/mol. The van der Waals surface area contributed by atoms with Gasteiger partial charge in [0.2, 0.25) is 17.7 Å². The third kappa shape index (κ3) is 8.49. The molecule has 0 radical (unpaired) electrons. The van der Waals surface area contributed by atoms with Gasteiger partial charge in [-0.15, -0.1) is 0 Å². The fraction of sp³-hybridized carbons (Fsp3) is 0.412. The van der Waals surface area contributed by atoms with E-state index in [4.69, 9.17) is 0 Å². The van der Waals surface area contributed by atoms with Crippen molar-refractivity contribution >= 4 is 29.2 Å². The standard InChI is InChI=1S/C34H42N4O3/c1-24(2)26-19-21-29(22-20-26)38(32(40)14-9-13-31(39)37-30-12-7-8-23-35-30)33(27-17-15-25(3)16-18-27)34(41)36-28-10-5-4-6-11-28/h7-8,12,15-24,28,33H,4-6,9-11,13-14H2,1-3H3,(H,36,41)(H,35,37,39). The number of anilines is 2. The van der Waals surface area contributed by atoms with Crippen LogP contribution >= 0.6 is 0 Å². The van der Waals surface area contributed by atoms with E-state index >= 15 is 0 Å². The Balaban J connectivity index is 1.59. The molecule has 1 unspecified atom stereocenters. The third-order valence-electron chi connectivity index (χ3n) is 7.68. The topological polar surface area (TPSA) is 91.4 Å². The Kier molecular flexibility index (Phi) is 10.7. The maximum absolute atomic E-state index is 14.0. The molecule has 2 aromatic carbocycles. The summed E-state index contributed by atoms with van der Waals surface area (Å²) in [4.78, 5) is 46.3. The van der Waals surface area contributed by atoms with E-state index < -0.39 is 6.04 Å². The Labute approximate surface area is 243 Å². The zero-order chi connectivity index (χ0) is 29.2. The van der Waals surface area contributed by atoms with Crippen LogP contribution in [-0.4, -0.2) is 28.7 Å². The number of carbonyl (C=O) groups is 3. The van der Waals surface area contributed by atoms with Gasteiger partial charge in [-0.3, -0.25) is 19.3 Å². The molecule has 1 atom stereocenters. The summed E-state index contributed by atoms with van der Waals surface area (Å²) in [6, 6.07) is 20.3. The van der Waals surface area contributed by atoms with Gasteiger partial charge in [0.25, 0.3) is 0 Å². The van der Waals surface area contributed by atoms with Crippen molar-refractivity contribution in [1.82, 2.24) is 10.3 Å². The molecular formula is C34H42N4O3. The molecule has 1 aliphatic carbocycles. The number of carbonyl (C=O) groups excluding carboxylic acids is 3. The minimum Gasteiger partial charge on any atom is -0.351 e. The first-order valence-electron chi connectivity index (χ1n) is 14.8. The van der Waals surface area contributed by atoms with Crippen LogP contribution in [0.1, 0.15) is 93.9 Å². The number of pyridine rings is 1. The van der Waals surface area contributed by atoms with E-state index in [2.05, 4.69) is 29.5 Å². The summed E-state index contributed by atoms with van der Waals surface area (Å²) in [5, 5.41) is 6.04. The number of aryl methyl sites for hydroxylation is 1. The third-order valence-corrected chi connectivity index (χ3v) is 7.68. The van der Waals surface area contributed by atoms with E-state index in [1.807, 2.05) is 55.5 Å². The van der Waals surface area contributed by atoms with E-state index in [-0.39, 0.29) is 36.6 Å². The molecule has 1 fully saturated rings. The number of rotatable bonds is 11. The summed E-state index contributed by atoms with van der Waals surface area (Å²) < 4.78 is 0. The summed E-state index contributed by atoms with van der Waals surface area (Å²) >= 11 is 0. The second kappa shape index (κ2) is 14.6. The van der Waals surface area contributed by atoms with Crippen LogP contribution in [0.3, 0.4) is 0 Å². The van der Waals surface area contributed by atoms with Crippen LogP contribution in [-0.2, 0) is 14.4 Å². The van der Waals surface area contributed by atoms with Crippen LogP contribution in [0.2, 0.25) is 0 Å². The van der Waals surface area contributed by atoms with Gasteiger partial charge in [0.05, 0.1) is 0 Å². The highest BCUT2D eigenvalue weighted by molar-refractivity contribution is 6.01. The number of nitrogens with zero attached hydrogens (tertiary/aromatic N) is 2. The van der Waals surface area contributed by atoms with Crippen LogP contribution in [0.4, 0.5) is 11.5 Å². The molecule has 1 heterocycles. The zero-order valence-electron chi connectivity index (χ0n) is 24.4. The van der Waals surface area contributed by atoms with Crippen LogP contribution in [0.15, 0.2) is 72.9 Å². The van der Waals surface area contributed by atoms with Crippen molar-refractivity contribution in [2.75, 3.05) is 10.2 Å². The lowest BCUT2D eigenvalue weighted by molar-refractivity contribution is -0.127. The largest absolute Gasteiger partial charge is 0.351 e. The molecule has 41 heavy (non-hydrogen) atoms. The Hall–Kier alpha value is -4.00. The highest BCUT2D eigenvalue weighted by Gasteiger charge is 2.34. The summed E-state index contributed by atoms with van der Waals surface area (Å²) in [6.07, 6.45) is 7.55. The maximum Gasteiger partial charge on any atom is 0.248 e. The van der Waals surface area contributed by atoms with E-state index in [9.17, 15) is 14.4 Å². The predicted molar refractivity (Wildman–Crippen MR) is 164 cm³/mol. The lowest BCUT2D eigenvalue weighted by atomic mass is 9.94. The number of aromatic nitrogens is 1. The molecule has 0 aliphatic heterocycles. The molecule has 1 aromatic heterocycles. The predicted octanol–water partition coefficient (Wildman–Crippen LogP) is 6.85. The van der Waals surface area contributed by atoms with Crippen molar-refractivity contribution in [3.63, 3.8) is 0 Å². The fourth-order valence-corrected chi connectivity index (χ4v) is 5.31. The average Bonchev–Trinajstić information content (AvgIpc) is 2.97. The van der Waals surface area contributed by atoms with Gasteiger partial charge < -0.3 is 10.6 Å². The molecule has 1 saturated carbocycles. The Morgan fingerprint density at radius 2 is 1.56 bits per heavy atom. The van der Waals surface area contributed by atoms with Crippen molar-refractivity contribution in [2.45, 2.75) is 90.1 Å². The highest BCUT2D eigenvalue weighted by atomic mass is 16.2. The number of hydrogen-bond acceptors (Lipinski definition) is 4. The number of benzene rings is 2. The van der Waals surface area contributed by atoms with E-state index in [0.29, 0.717) is 23.8 Å². The summed E-state index contributed by atoms with van der Waals surface area (Å²) in [6.45, 7) is 6.26. The van der Waals surface area contributed by atoms with Crippen molar-refractivity contribution in [3.8, 4) is 0 Å². The van der Waals surface area contributed by atoms with Crippen LogP contribution in [0.5, 0.6) is 0 Å². The molecule has 7 nitrogen and oxygen atoms in total. The van der Waals surface area contributed by atoms with Gasteiger partial charge in [-0.05, 0) is 67.5 Å². The van der Waals surface area contributed by atoms with Crippen LogP contribution in [0.25, 0.3) is 0 Å². The Morgan fingerprint density at radius 1 is 0.878 bits per heavy atom.